The summed E-state index contributed by atoms with van der Waals surface area (Å²) in [6.45, 7) is 0. The van der Waals surface area contributed by atoms with Crippen LogP contribution in [0.4, 0.5) is 5.69 Å². The molecule has 0 aliphatic rings. The first-order valence-electron chi connectivity index (χ1n) is 2.45. The van der Waals surface area contributed by atoms with Crippen LogP contribution in [0.3, 0.4) is 0 Å². The summed E-state index contributed by atoms with van der Waals surface area (Å²) >= 11 is 0. The van der Waals surface area contributed by atoms with Gasteiger partial charge in [0.05, 0.1) is 0 Å². The molecule has 0 saturated carbocycles. The average molecular weight is 184 g/mol. The first-order valence-corrected chi connectivity index (χ1v) is 2.45. The van der Waals surface area contributed by atoms with Crippen molar-refractivity contribution in [2.24, 2.45) is 5.18 Å². The Morgan fingerprint density at radius 1 is 1.45 bits per heavy atom. The van der Waals surface area contributed by atoms with Crippen molar-refractivity contribution in [1.82, 2.24) is 0 Å². The largest absolute Gasteiger partial charge is 1.00 e. The standard InChI is InChI=1S/C6H5NO2.ClH.Na.H/c8-6-3-1-2-5(4-6)7-9;;;/h1-4,8H;1H;;/q;;+1;-1. The van der Waals surface area contributed by atoms with Gasteiger partial charge in [0.1, 0.15) is 11.4 Å². The van der Waals surface area contributed by atoms with Crippen molar-refractivity contribution in [3.8, 4) is 5.75 Å². The van der Waals surface area contributed by atoms with Gasteiger partial charge in [0.25, 0.3) is 0 Å². The van der Waals surface area contributed by atoms with Gasteiger partial charge in [-0.3, -0.25) is 0 Å². The third kappa shape index (κ3) is 4.37. The minimum absolute atomic E-state index is 0. The van der Waals surface area contributed by atoms with Crippen molar-refractivity contribution in [2.75, 3.05) is 0 Å². The van der Waals surface area contributed by atoms with Crippen LogP contribution in [0, 0.1) is 4.91 Å². The van der Waals surface area contributed by atoms with E-state index >= 15 is 0 Å². The maximum Gasteiger partial charge on any atom is 1.00 e. The molecule has 0 radical (unpaired) electrons. The van der Waals surface area contributed by atoms with Gasteiger partial charge in [-0.15, -0.1) is 17.3 Å². The Morgan fingerprint density at radius 2 is 2.09 bits per heavy atom. The molecule has 3 nitrogen and oxygen atoms in total. The predicted molar refractivity (Wildman–Crippen MR) is 41.9 cm³/mol. The number of hydrogen-bond donors (Lipinski definition) is 1. The molecule has 0 aromatic heterocycles. The molecule has 0 aliphatic heterocycles. The molecule has 0 spiro atoms. The number of rotatable bonds is 1. The monoisotopic (exact) mass is 183 g/mol. The Labute approximate surface area is 94.0 Å². The van der Waals surface area contributed by atoms with E-state index in [1.165, 1.54) is 18.2 Å². The zero-order chi connectivity index (χ0) is 6.69. The minimum atomic E-state index is 0. The van der Waals surface area contributed by atoms with E-state index in [-0.39, 0.29) is 54.8 Å². The van der Waals surface area contributed by atoms with Crippen LogP contribution in [0.1, 0.15) is 1.43 Å². The normalized spacial score (nSPS) is 7.27. The van der Waals surface area contributed by atoms with Gasteiger partial charge in [-0.2, -0.15) is 0 Å². The molecule has 5 heteroatoms. The van der Waals surface area contributed by atoms with Crippen LogP contribution in [0.15, 0.2) is 29.4 Å². The molecule has 0 fully saturated rings. The number of nitrogens with zero attached hydrogens (tertiary/aromatic N) is 1. The van der Waals surface area contributed by atoms with Gasteiger partial charge >= 0.3 is 29.6 Å². The quantitative estimate of drug-likeness (QED) is 0.464. The van der Waals surface area contributed by atoms with Crippen molar-refractivity contribution in [2.45, 2.75) is 0 Å². The zero-order valence-electron chi connectivity index (χ0n) is 7.02. The molecular formula is C6H7ClNNaO2. The zero-order valence-corrected chi connectivity index (χ0v) is 8.84. The number of nitroso groups, excluding NO2 is 1. The fraction of sp³-hybridized carbons (Fsp3) is 0. The SMILES string of the molecule is Cl.O=Nc1cccc(O)c1.[H-].[Na+]. The summed E-state index contributed by atoms with van der Waals surface area (Å²) in [4.78, 5) is 9.80. The van der Waals surface area contributed by atoms with Crippen LogP contribution in [-0.4, -0.2) is 5.11 Å². The molecule has 1 rings (SSSR count). The number of halogens is 1. The van der Waals surface area contributed by atoms with Crippen LogP contribution in [0.25, 0.3) is 0 Å². The van der Waals surface area contributed by atoms with Gasteiger partial charge in [-0.05, 0) is 17.3 Å². The Hall–Kier alpha value is -0.0900. The molecule has 0 amide bonds. The summed E-state index contributed by atoms with van der Waals surface area (Å²) in [5.74, 6) is 0.0621. The van der Waals surface area contributed by atoms with Crippen LogP contribution in [0.5, 0.6) is 5.75 Å². The topological polar surface area (TPSA) is 49.7 Å². The molecule has 1 N–H and O–H groups in total. The summed E-state index contributed by atoms with van der Waals surface area (Å²) in [6.07, 6.45) is 0. The third-order valence-corrected chi connectivity index (χ3v) is 0.935. The molecule has 0 heterocycles. The second-order valence-corrected chi connectivity index (χ2v) is 1.61. The molecule has 0 aliphatic carbocycles. The molecule has 56 valence electrons. The number of hydrogen-bond acceptors (Lipinski definition) is 3. The van der Waals surface area contributed by atoms with Crippen LogP contribution < -0.4 is 29.6 Å². The Morgan fingerprint density at radius 3 is 2.45 bits per heavy atom. The Balaban J connectivity index is -0.000000270. The molecule has 0 unspecified atom stereocenters. The molecule has 1 aromatic carbocycles. The van der Waals surface area contributed by atoms with Gasteiger partial charge in [0, 0.05) is 6.07 Å². The molecule has 1 aromatic rings. The Kier molecular flexibility index (Phi) is 8.11. The van der Waals surface area contributed by atoms with Gasteiger partial charge in [0.15, 0.2) is 0 Å². The van der Waals surface area contributed by atoms with E-state index < -0.39 is 0 Å². The number of phenols is 1. The molecular weight excluding hydrogens is 177 g/mol. The van der Waals surface area contributed by atoms with E-state index in [4.69, 9.17) is 5.11 Å². The summed E-state index contributed by atoms with van der Waals surface area (Å²) in [6, 6.07) is 5.86. The predicted octanol–water partition coefficient (Wildman–Crippen LogP) is -0.672. The average Bonchev–Trinajstić information content (AvgIpc) is 1.88. The molecule has 0 saturated heterocycles. The van der Waals surface area contributed by atoms with Gasteiger partial charge < -0.3 is 6.53 Å². The molecule has 0 atom stereocenters. The second-order valence-electron chi connectivity index (χ2n) is 1.61. The van der Waals surface area contributed by atoms with Crippen molar-refractivity contribution in [3.05, 3.63) is 29.2 Å². The first-order chi connectivity index (χ1) is 4.33. The smallest absolute Gasteiger partial charge is 1.00 e. The van der Waals surface area contributed by atoms with Crippen molar-refractivity contribution in [3.63, 3.8) is 0 Å². The fourth-order valence-corrected chi connectivity index (χ4v) is 0.550. The third-order valence-electron chi connectivity index (χ3n) is 0.935. The summed E-state index contributed by atoms with van der Waals surface area (Å²) in [5, 5.41) is 11.4. The number of aromatic hydroxyl groups is 1. The van der Waals surface area contributed by atoms with E-state index in [0.29, 0.717) is 0 Å². The first kappa shape index (κ1) is 13.5. The van der Waals surface area contributed by atoms with E-state index in [9.17, 15) is 4.91 Å². The van der Waals surface area contributed by atoms with Gasteiger partial charge in [0.2, 0.25) is 0 Å². The van der Waals surface area contributed by atoms with Crippen molar-refractivity contribution < 1.29 is 36.1 Å². The Bertz CT molecular complexity index is 237. The van der Waals surface area contributed by atoms with Gasteiger partial charge in [-0.25, -0.2) is 0 Å². The maximum absolute atomic E-state index is 9.80. The van der Waals surface area contributed by atoms with E-state index in [0.717, 1.165) is 0 Å². The molecule has 11 heavy (non-hydrogen) atoms. The van der Waals surface area contributed by atoms with Crippen molar-refractivity contribution in [1.29, 1.82) is 0 Å². The van der Waals surface area contributed by atoms with E-state index in [1.807, 2.05) is 0 Å². The van der Waals surface area contributed by atoms with Crippen molar-refractivity contribution >= 4 is 18.1 Å². The number of benzene rings is 1. The maximum atomic E-state index is 9.80. The number of phenolic OH excluding ortho intramolecular Hbond substituents is 1. The second kappa shape index (κ2) is 6.61. The van der Waals surface area contributed by atoms with Crippen LogP contribution >= 0.6 is 12.4 Å². The minimum Gasteiger partial charge on any atom is -1.00 e. The summed E-state index contributed by atoms with van der Waals surface area (Å²) in [5.41, 5.74) is 0.245. The summed E-state index contributed by atoms with van der Waals surface area (Å²) < 4.78 is 0. The fourth-order valence-electron chi connectivity index (χ4n) is 0.550. The van der Waals surface area contributed by atoms with E-state index in [1.54, 1.807) is 6.07 Å². The molecule has 0 bridgehead atoms. The van der Waals surface area contributed by atoms with Crippen LogP contribution in [-0.2, 0) is 0 Å². The summed E-state index contributed by atoms with van der Waals surface area (Å²) in [7, 11) is 0. The van der Waals surface area contributed by atoms with Crippen LogP contribution in [0.2, 0.25) is 0 Å². The van der Waals surface area contributed by atoms with Gasteiger partial charge in [-0.1, -0.05) is 6.07 Å². The van der Waals surface area contributed by atoms with E-state index in [2.05, 4.69) is 5.18 Å².